The molecular formula is C28H33NO7. The molecule has 2 N–H and O–H groups in total. The van der Waals surface area contributed by atoms with Gasteiger partial charge in [0.15, 0.2) is 5.78 Å². The Bertz CT molecular complexity index is 1130. The number of ketones is 1. The molecule has 1 spiro atoms. The molecule has 1 aliphatic carbocycles. The molecule has 36 heavy (non-hydrogen) atoms. The number of hydrogen-bond acceptors (Lipinski definition) is 7. The summed E-state index contributed by atoms with van der Waals surface area (Å²) in [7, 11) is 0. The number of allylic oxidation sites excluding steroid dienone is 1. The second-order valence-electron chi connectivity index (χ2n) is 11.0. The number of carbonyl (C=O) groups is 3. The molecule has 3 heterocycles. The van der Waals surface area contributed by atoms with Gasteiger partial charge in [0.05, 0.1) is 23.9 Å². The maximum absolute atomic E-state index is 13.8. The van der Waals surface area contributed by atoms with Crippen LogP contribution in [-0.2, 0) is 30.2 Å². The molecule has 192 valence electrons. The first-order valence-electron chi connectivity index (χ1n) is 12.5. The summed E-state index contributed by atoms with van der Waals surface area (Å²) < 4.78 is 17.3. The van der Waals surface area contributed by atoms with Crippen LogP contribution in [0.2, 0.25) is 0 Å². The number of aliphatic hydroxyl groups is 1. The normalized spacial score (nSPS) is 45.8. The van der Waals surface area contributed by atoms with Crippen LogP contribution in [-0.4, -0.2) is 51.9 Å². The number of epoxide rings is 1. The average Bonchev–Trinajstić information content (AvgIpc) is 3.45. The first kappa shape index (κ1) is 24.7. The molecule has 5 rings (SSSR count). The van der Waals surface area contributed by atoms with Crippen LogP contribution >= 0.6 is 0 Å². The molecule has 1 saturated carbocycles. The number of hydrogen-bond donors (Lipinski definition) is 2. The van der Waals surface area contributed by atoms with E-state index < -0.39 is 40.6 Å². The van der Waals surface area contributed by atoms with E-state index in [1.165, 1.54) is 6.92 Å². The Morgan fingerprint density at radius 2 is 1.83 bits per heavy atom. The summed E-state index contributed by atoms with van der Waals surface area (Å²) in [6, 6.07) is 9.58. The van der Waals surface area contributed by atoms with Gasteiger partial charge in [-0.05, 0) is 44.2 Å². The van der Waals surface area contributed by atoms with E-state index in [1.807, 2.05) is 56.3 Å². The number of rotatable bonds is 2. The fourth-order valence-electron chi connectivity index (χ4n) is 6.51. The lowest BCUT2D eigenvalue weighted by Gasteiger charge is -2.45. The summed E-state index contributed by atoms with van der Waals surface area (Å²) in [5.74, 6) is -2.32. The van der Waals surface area contributed by atoms with Gasteiger partial charge in [0, 0.05) is 17.9 Å². The van der Waals surface area contributed by atoms with Gasteiger partial charge in [0.25, 0.3) is 5.91 Å². The van der Waals surface area contributed by atoms with Crippen molar-refractivity contribution in [1.29, 1.82) is 0 Å². The summed E-state index contributed by atoms with van der Waals surface area (Å²) >= 11 is 0. The van der Waals surface area contributed by atoms with E-state index in [4.69, 9.17) is 14.2 Å². The largest absolute Gasteiger partial charge is 0.514 e. The number of carbonyl (C=O) groups excluding carboxylic acids is 3. The second kappa shape index (κ2) is 8.56. The molecule has 8 heteroatoms. The Labute approximate surface area is 210 Å². The molecule has 0 unspecified atom stereocenters. The fraction of sp³-hybridized carbons (Fsp3) is 0.536. The summed E-state index contributed by atoms with van der Waals surface area (Å²) in [4.78, 5) is 39.5. The predicted octanol–water partition coefficient (Wildman–Crippen LogP) is 3.09. The number of benzene rings is 1. The van der Waals surface area contributed by atoms with Crippen molar-refractivity contribution in [1.82, 2.24) is 5.32 Å². The second-order valence-corrected chi connectivity index (χ2v) is 11.0. The molecule has 1 aromatic rings. The van der Waals surface area contributed by atoms with Gasteiger partial charge in [-0.3, -0.25) is 9.59 Å². The SMILES string of the molecule is C[C@H]1C/C=C/[C@H]2[C@@H]3O[C@]3(C)[C@@H](C)[C@H]3[C@H](Cc4ccccc4)NC(=O)[C@]32OC(=O)O/C=C/[C@@](C)(O)C1=O. The monoisotopic (exact) mass is 495 g/mol. The van der Waals surface area contributed by atoms with E-state index in [-0.39, 0.29) is 29.9 Å². The van der Waals surface area contributed by atoms with Crippen LogP contribution in [0, 0.1) is 23.7 Å². The molecule has 3 fully saturated rings. The third-order valence-corrected chi connectivity index (χ3v) is 8.64. The molecule has 1 aromatic carbocycles. The summed E-state index contributed by atoms with van der Waals surface area (Å²) in [6.45, 7) is 7.15. The smallest absolute Gasteiger partial charge is 0.416 e. The number of Topliss-reactive ketones (excluding diaryl/α,β-unsaturated/α-hetero) is 1. The molecule has 0 aromatic heterocycles. The summed E-state index contributed by atoms with van der Waals surface area (Å²) in [5, 5.41) is 13.7. The summed E-state index contributed by atoms with van der Waals surface area (Å²) in [6.07, 6.45) is 5.28. The standard InChI is InChI=1S/C28H33NO7/c1-16-9-8-12-19-23-27(4,35-23)17(2)21-20(15-18-10-6-5-7-11-18)29-24(31)28(19,21)36-25(32)34-14-13-26(3,33)22(16)30/h5-8,10-14,16-17,19-21,23,33H,9,15H2,1-4H3,(H,29,31)/b12-8+,14-13+/t16-,17-,19-,20-,21-,23-,26+,27+,28+/m0/s1. The van der Waals surface area contributed by atoms with Crippen LogP contribution in [0.5, 0.6) is 0 Å². The average molecular weight is 496 g/mol. The maximum atomic E-state index is 13.8. The zero-order valence-corrected chi connectivity index (χ0v) is 21.0. The van der Waals surface area contributed by atoms with Gasteiger partial charge in [0.2, 0.25) is 5.60 Å². The van der Waals surface area contributed by atoms with Gasteiger partial charge in [-0.2, -0.15) is 0 Å². The minimum absolute atomic E-state index is 0.0972. The zero-order valence-electron chi connectivity index (χ0n) is 21.0. The molecule has 2 saturated heterocycles. The molecule has 3 aliphatic heterocycles. The van der Waals surface area contributed by atoms with E-state index in [0.29, 0.717) is 12.8 Å². The van der Waals surface area contributed by atoms with Gasteiger partial charge < -0.3 is 24.6 Å². The lowest BCUT2D eigenvalue weighted by atomic mass is 9.59. The predicted molar refractivity (Wildman–Crippen MR) is 129 cm³/mol. The molecule has 9 atom stereocenters. The third-order valence-electron chi connectivity index (χ3n) is 8.64. The Hall–Kier alpha value is -2.97. The topological polar surface area (TPSA) is 114 Å². The Morgan fingerprint density at radius 1 is 1.11 bits per heavy atom. The van der Waals surface area contributed by atoms with E-state index >= 15 is 0 Å². The van der Waals surface area contributed by atoms with Crippen LogP contribution in [0.3, 0.4) is 0 Å². The molecule has 0 radical (unpaired) electrons. The fourth-order valence-corrected chi connectivity index (χ4v) is 6.51. The van der Waals surface area contributed by atoms with Crippen molar-refractivity contribution in [3.05, 3.63) is 60.4 Å². The lowest BCUT2D eigenvalue weighted by Crippen LogP contribution is -2.61. The van der Waals surface area contributed by atoms with Crippen molar-refractivity contribution in [3.8, 4) is 0 Å². The first-order valence-corrected chi connectivity index (χ1v) is 12.5. The van der Waals surface area contributed by atoms with Crippen molar-refractivity contribution in [2.75, 3.05) is 0 Å². The van der Waals surface area contributed by atoms with E-state index in [0.717, 1.165) is 17.9 Å². The molecule has 1 amide bonds. The number of cyclic esters (lactones) is 1. The number of ether oxygens (including phenoxy) is 3. The van der Waals surface area contributed by atoms with Crippen molar-refractivity contribution in [2.24, 2.45) is 23.7 Å². The number of amides is 1. The first-order chi connectivity index (χ1) is 17.0. The third kappa shape index (κ3) is 3.78. The van der Waals surface area contributed by atoms with Crippen molar-refractivity contribution in [3.63, 3.8) is 0 Å². The van der Waals surface area contributed by atoms with Crippen LogP contribution in [0.4, 0.5) is 4.79 Å². The van der Waals surface area contributed by atoms with Gasteiger partial charge in [0.1, 0.15) is 5.60 Å². The minimum atomic E-state index is -1.81. The Morgan fingerprint density at radius 3 is 2.56 bits per heavy atom. The van der Waals surface area contributed by atoms with E-state index in [1.54, 1.807) is 6.92 Å². The van der Waals surface area contributed by atoms with Gasteiger partial charge in [-0.1, -0.05) is 56.3 Å². The molecule has 0 bridgehead atoms. The highest BCUT2D eigenvalue weighted by molar-refractivity contribution is 5.92. The van der Waals surface area contributed by atoms with Crippen LogP contribution in [0.25, 0.3) is 0 Å². The summed E-state index contributed by atoms with van der Waals surface area (Å²) in [5.41, 5.74) is -2.76. The van der Waals surface area contributed by atoms with Crippen LogP contribution in [0.15, 0.2) is 54.8 Å². The van der Waals surface area contributed by atoms with Crippen LogP contribution < -0.4 is 5.32 Å². The molecule has 4 aliphatic rings. The lowest BCUT2D eigenvalue weighted by molar-refractivity contribution is -0.153. The van der Waals surface area contributed by atoms with E-state index in [9.17, 15) is 19.5 Å². The number of fused-ring (bicyclic) bond motifs is 2. The minimum Gasteiger partial charge on any atom is -0.416 e. The highest BCUT2D eigenvalue weighted by Gasteiger charge is 2.78. The van der Waals surface area contributed by atoms with Crippen molar-refractivity contribution >= 4 is 17.8 Å². The van der Waals surface area contributed by atoms with Gasteiger partial charge in [-0.25, -0.2) is 4.79 Å². The van der Waals surface area contributed by atoms with Gasteiger partial charge >= 0.3 is 6.16 Å². The van der Waals surface area contributed by atoms with E-state index in [2.05, 4.69) is 5.32 Å². The van der Waals surface area contributed by atoms with Crippen molar-refractivity contribution < 1.29 is 33.7 Å². The number of nitrogens with one attached hydrogen (secondary N) is 1. The molecule has 8 nitrogen and oxygen atoms in total. The Balaban J connectivity index is 1.58. The van der Waals surface area contributed by atoms with Gasteiger partial charge in [-0.15, -0.1) is 0 Å². The highest BCUT2D eigenvalue weighted by atomic mass is 16.7. The van der Waals surface area contributed by atoms with Crippen LogP contribution in [0.1, 0.15) is 39.7 Å². The maximum Gasteiger partial charge on any atom is 0.514 e. The molecular weight excluding hydrogens is 462 g/mol. The Kier molecular flexibility index (Phi) is 5.87. The zero-order chi connectivity index (χ0) is 25.9. The van der Waals surface area contributed by atoms with Crippen molar-refractivity contribution in [2.45, 2.75) is 69.5 Å². The highest BCUT2D eigenvalue weighted by Crippen LogP contribution is 2.63. The quantitative estimate of drug-likeness (QED) is 0.368.